The van der Waals surface area contributed by atoms with Crippen molar-refractivity contribution in [1.82, 2.24) is 0 Å². The molecule has 0 heterocycles. The van der Waals surface area contributed by atoms with E-state index < -0.39 is 10.1 Å². The minimum atomic E-state index is -4.11. The molecule has 0 fully saturated rings. The van der Waals surface area contributed by atoms with Gasteiger partial charge >= 0.3 is 0 Å². The van der Waals surface area contributed by atoms with Crippen LogP contribution in [0.4, 0.5) is 0 Å². The van der Waals surface area contributed by atoms with Gasteiger partial charge in [0.2, 0.25) is 0 Å². The van der Waals surface area contributed by atoms with Gasteiger partial charge in [-0.3, -0.25) is 0 Å². The van der Waals surface area contributed by atoms with E-state index >= 15 is 0 Å². The molecule has 8 heteroatoms. The molecule has 0 aromatic carbocycles. The maximum absolute atomic E-state index is 10.3. The Balaban J connectivity index is 3.88. The van der Waals surface area contributed by atoms with Gasteiger partial charge in [0.1, 0.15) is 0 Å². The molecular formula is C7H16N4O3S. The maximum atomic E-state index is 10.3. The molecule has 0 aromatic heterocycles. The summed E-state index contributed by atoms with van der Waals surface area (Å²) < 4.78 is 31.6. The maximum Gasteiger partial charge on any atom is 0.0948 e. The van der Waals surface area contributed by atoms with Crippen LogP contribution >= 0.6 is 0 Å². The molecule has 0 bridgehead atoms. The van der Waals surface area contributed by atoms with Crippen LogP contribution in [0.3, 0.4) is 0 Å². The summed E-state index contributed by atoms with van der Waals surface area (Å²) in [5.74, 6) is -0.337. The third-order valence-corrected chi connectivity index (χ3v) is 2.82. The SMILES string of the molecule is C[N+](C)(CCCS(=O)(=O)[O-])CCN=[N+]=[N-]. The summed E-state index contributed by atoms with van der Waals surface area (Å²) in [5.41, 5.74) is 8.08. The van der Waals surface area contributed by atoms with E-state index in [9.17, 15) is 13.0 Å². The highest BCUT2D eigenvalue weighted by Gasteiger charge is 2.13. The zero-order chi connectivity index (χ0) is 11.9. The van der Waals surface area contributed by atoms with Crippen molar-refractivity contribution in [2.45, 2.75) is 6.42 Å². The van der Waals surface area contributed by atoms with Crippen LogP contribution < -0.4 is 0 Å². The van der Waals surface area contributed by atoms with Crippen molar-refractivity contribution in [2.24, 2.45) is 5.11 Å². The number of nitrogens with zero attached hydrogens (tertiary/aromatic N) is 4. The Morgan fingerprint density at radius 2 is 2.00 bits per heavy atom. The van der Waals surface area contributed by atoms with Gasteiger partial charge in [0.25, 0.3) is 0 Å². The Labute approximate surface area is 89.7 Å². The molecule has 0 aliphatic carbocycles. The van der Waals surface area contributed by atoms with E-state index in [0.717, 1.165) is 0 Å². The zero-order valence-electron chi connectivity index (χ0n) is 8.96. The van der Waals surface area contributed by atoms with Crippen LogP contribution in [0.25, 0.3) is 10.4 Å². The summed E-state index contributed by atoms with van der Waals surface area (Å²) in [6.07, 6.45) is 0.328. The van der Waals surface area contributed by atoms with Crippen molar-refractivity contribution in [3.8, 4) is 0 Å². The predicted molar refractivity (Wildman–Crippen MR) is 55.0 cm³/mol. The number of hydrogen-bond donors (Lipinski definition) is 0. The molecule has 15 heavy (non-hydrogen) atoms. The summed E-state index contributed by atoms with van der Waals surface area (Å²) in [6.45, 7) is 1.57. The molecule has 0 rings (SSSR count). The summed E-state index contributed by atoms with van der Waals surface area (Å²) in [7, 11) is -0.327. The third-order valence-electron chi connectivity index (χ3n) is 2.03. The first-order chi connectivity index (χ1) is 6.77. The standard InChI is InChI=1S/C7H16N4O3S/c1-11(2,6-4-9-10-8)5-3-7-15(12,13)14/h3-7H2,1-2H3. The summed E-state index contributed by atoms with van der Waals surface area (Å²) in [4.78, 5) is 2.63. The fraction of sp³-hybridized carbons (Fsp3) is 1.00. The lowest BCUT2D eigenvalue weighted by Crippen LogP contribution is -2.42. The van der Waals surface area contributed by atoms with Gasteiger partial charge in [-0.2, -0.15) is 0 Å². The molecule has 0 saturated carbocycles. The van der Waals surface area contributed by atoms with Crippen molar-refractivity contribution in [2.75, 3.05) is 39.5 Å². The van der Waals surface area contributed by atoms with E-state index in [1.54, 1.807) is 0 Å². The lowest BCUT2D eigenvalue weighted by atomic mass is 10.3. The second-order valence-electron chi connectivity index (χ2n) is 3.95. The van der Waals surface area contributed by atoms with E-state index in [0.29, 0.717) is 30.5 Å². The molecule has 0 spiro atoms. The average Bonchev–Trinajstić information content (AvgIpc) is 2.01. The van der Waals surface area contributed by atoms with E-state index in [-0.39, 0.29) is 5.75 Å². The third kappa shape index (κ3) is 9.48. The smallest absolute Gasteiger partial charge is 0.0948 e. The minimum Gasteiger partial charge on any atom is -0.748 e. The van der Waals surface area contributed by atoms with Crippen molar-refractivity contribution >= 4 is 10.1 Å². The van der Waals surface area contributed by atoms with E-state index in [2.05, 4.69) is 10.0 Å². The lowest BCUT2D eigenvalue weighted by Gasteiger charge is -2.29. The van der Waals surface area contributed by atoms with Crippen LogP contribution in [0.5, 0.6) is 0 Å². The second kappa shape index (κ2) is 5.92. The Hall–Kier alpha value is -0.820. The Morgan fingerprint density at radius 3 is 2.47 bits per heavy atom. The first-order valence-corrected chi connectivity index (χ1v) is 6.11. The topological polar surface area (TPSA) is 106 Å². The van der Waals surface area contributed by atoms with E-state index in [1.807, 2.05) is 14.1 Å². The molecule has 0 atom stereocenters. The summed E-state index contributed by atoms with van der Waals surface area (Å²) in [5, 5.41) is 3.40. The molecule has 0 unspecified atom stereocenters. The fourth-order valence-electron chi connectivity index (χ4n) is 1.14. The molecular weight excluding hydrogens is 220 g/mol. The Morgan fingerprint density at radius 1 is 1.40 bits per heavy atom. The molecule has 88 valence electrons. The lowest BCUT2D eigenvalue weighted by molar-refractivity contribution is -0.888. The van der Waals surface area contributed by atoms with Gasteiger partial charge in [-0.1, -0.05) is 5.11 Å². The van der Waals surface area contributed by atoms with Crippen LogP contribution in [0.15, 0.2) is 5.11 Å². The van der Waals surface area contributed by atoms with E-state index in [1.165, 1.54) is 0 Å². The first-order valence-electron chi connectivity index (χ1n) is 4.53. The highest BCUT2D eigenvalue weighted by Crippen LogP contribution is 2.00. The highest BCUT2D eigenvalue weighted by molar-refractivity contribution is 7.85. The molecule has 0 aliphatic rings. The fourth-order valence-corrected chi connectivity index (χ4v) is 1.62. The highest BCUT2D eigenvalue weighted by atomic mass is 32.2. The quantitative estimate of drug-likeness (QED) is 0.209. The Bertz CT molecular complexity index is 332. The summed E-state index contributed by atoms with van der Waals surface area (Å²) >= 11 is 0. The van der Waals surface area contributed by atoms with Crippen LogP contribution in [0.2, 0.25) is 0 Å². The van der Waals surface area contributed by atoms with E-state index in [4.69, 9.17) is 5.53 Å². The zero-order valence-corrected chi connectivity index (χ0v) is 9.77. The second-order valence-corrected chi connectivity index (χ2v) is 5.48. The molecule has 0 amide bonds. The number of likely N-dealkylation sites (N-methyl/N-ethyl adjacent to an activating group) is 1. The van der Waals surface area contributed by atoms with Gasteiger partial charge in [-0.15, -0.1) is 0 Å². The van der Waals surface area contributed by atoms with Crippen molar-refractivity contribution in [3.05, 3.63) is 10.4 Å². The number of hydrogen-bond acceptors (Lipinski definition) is 4. The number of rotatable bonds is 7. The molecule has 0 saturated heterocycles. The molecule has 7 nitrogen and oxygen atoms in total. The van der Waals surface area contributed by atoms with Gasteiger partial charge in [-0.05, 0) is 5.53 Å². The van der Waals surface area contributed by atoms with Crippen molar-refractivity contribution in [3.63, 3.8) is 0 Å². The molecule has 0 aliphatic heterocycles. The van der Waals surface area contributed by atoms with Crippen molar-refractivity contribution < 1.29 is 17.5 Å². The van der Waals surface area contributed by atoms with Crippen LogP contribution in [0.1, 0.15) is 6.42 Å². The molecule has 0 aromatic rings. The van der Waals surface area contributed by atoms with Crippen LogP contribution in [-0.2, 0) is 10.1 Å². The molecule has 0 N–H and O–H groups in total. The van der Waals surface area contributed by atoms with Gasteiger partial charge in [-0.25, -0.2) is 8.42 Å². The summed E-state index contributed by atoms with van der Waals surface area (Å²) in [6, 6.07) is 0. The number of quaternary nitrogens is 1. The van der Waals surface area contributed by atoms with Crippen LogP contribution in [0, 0.1) is 0 Å². The van der Waals surface area contributed by atoms with Gasteiger partial charge in [0, 0.05) is 17.1 Å². The minimum absolute atomic E-state index is 0.328. The first kappa shape index (κ1) is 14.2. The van der Waals surface area contributed by atoms with Gasteiger partial charge in [0.05, 0.1) is 43.8 Å². The van der Waals surface area contributed by atoms with Crippen LogP contribution in [-0.4, -0.2) is 56.9 Å². The normalized spacial score (nSPS) is 12.2. The predicted octanol–water partition coefficient (Wildman–Crippen LogP) is 0.308. The van der Waals surface area contributed by atoms with Crippen molar-refractivity contribution in [1.29, 1.82) is 0 Å². The van der Waals surface area contributed by atoms with Gasteiger partial charge in [0.15, 0.2) is 0 Å². The average molecular weight is 236 g/mol. The Kier molecular flexibility index (Phi) is 5.59. The van der Waals surface area contributed by atoms with Gasteiger partial charge < -0.3 is 9.04 Å². The number of azide groups is 1. The molecule has 0 radical (unpaired) electrons. The largest absolute Gasteiger partial charge is 0.748 e. The monoisotopic (exact) mass is 236 g/mol.